The number of hydrazone groups is 1. The minimum atomic E-state index is -0.223. The van der Waals surface area contributed by atoms with Crippen molar-refractivity contribution >= 4 is 40.4 Å². The first kappa shape index (κ1) is 13.4. The molecule has 2 rings (SSSR count). The first-order valence-electron chi connectivity index (χ1n) is 5.18. The third-order valence-corrected chi connectivity index (χ3v) is 3.72. The zero-order chi connectivity index (χ0) is 13.5. The minimum absolute atomic E-state index is 0.207. The molecular weight excluding hydrogens is 284 g/mol. The van der Waals surface area contributed by atoms with Gasteiger partial charge in [0, 0.05) is 18.0 Å². The first-order chi connectivity index (χ1) is 9.24. The topological polar surface area (TPSA) is 106 Å². The van der Waals surface area contributed by atoms with Crippen LogP contribution in [-0.4, -0.2) is 33.1 Å². The fourth-order valence-corrected chi connectivity index (χ4v) is 2.50. The number of anilines is 1. The molecule has 3 N–H and O–H groups in total. The quantitative estimate of drug-likeness (QED) is 0.479. The second kappa shape index (κ2) is 6.81. The van der Waals surface area contributed by atoms with Gasteiger partial charge in [-0.2, -0.15) is 5.10 Å². The Balaban J connectivity index is 1.74. The van der Waals surface area contributed by atoms with Gasteiger partial charge in [0.05, 0.1) is 12.0 Å². The number of nitrogens with one attached hydrogen (secondary N) is 1. The van der Waals surface area contributed by atoms with Crippen molar-refractivity contribution in [1.82, 2.24) is 20.6 Å². The van der Waals surface area contributed by atoms with Crippen LogP contribution in [-0.2, 0) is 4.79 Å². The molecule has 2 aromatic rings. The summed E-state index contributed by atoms with van der Waals surface area (Å²) in [4.78, 5) is 15.4. The highest BCUT2D eigenvalue weighted by Crippen LogP contribution is 2.22. The molecule has 7 nitrogen and oxygen atoms in total. The van der Waals surface area contributed by atoms with E-state index in [1.807, 2.05) is 6.07 Å². The molecule has 2 aromatic heterocycles. The van der Waals surface area contributed by atoms with Crippen LogP contribution in [0.3, 0.4) is 0 Å². The van der Waals surface area contributed by atoms with Crippen molar-refractivity contribution in [2.75, 3.05) is 11.5 Å². The van der Waals surface area contributed by atoms with Crippen molar-refractivity contribution in [1.29, 1.82) is 0 Å². The molecule has 0 fully saturated rings. The van der Waals surface area contributed by atoms with Gasteiger partial charge in [-0.05, 0) is 6.07 Å². The monoisotopic (exact) mass is 294 g/mol. The standard InChI is InChI=1S/C10H10N6OS2/c11-9-15-16-10(19-9)18-6-8(17)14-13-5-7-2-1-3-12-4-7/h1-5H,6H2,(H2,11,15)(H,14,17). The highest BCUT2D eigenvalue weighted by atomic mass is 32.2. The summed E-state index contributed by atoms with van der Waals surface area (Å²) in [6, 6.07) is 3.63. The van der Waals surface area contributed by atoms with Crippen LogP contribution in [0.1, 0.15) is 5.56 Å². The lowest BCUT2D eigenvalue weighted by atomic mass is 10.3. The molecule has 9 heteroatoms. The maximum atomic E-state index is 11.5. The Hall–Kier alpha value is -2.00. The van der Waals surface area contributed by atoms with E-state index in [-0.39, 0.29) is 11.7 Å². The van der Waals surface area contributed by atoms with Gasteiger partial charge in [0.2, 0.25) is 5.13 Å². The number of aromatic nitrogens is 3. The van der Waals surface area contributed by atoms with Crippen LogP contribution in [0.2, 0.25) is 0 Å². The van der Waals surface area contributed by atoms with Crippen molar-refractivity contribution in [3.05, 3.63) is 30.1 Å². The number of nitrogens with two attached hydrogens (primary N) is 1. The lowest BCUT2D eigenvalue weighted by Crippen LogP contribution is -2.19. The largest absolute Gasteiger partial charge is 0.374 e. The molecule has 0 saturated carbocycles. The molecular formula is C10H10N6OS2. The number of amides is 1. The summed E-state index contributed by atoms with van der Waals surface area (Å²) in [5, 5.41) is 11.7. The average molecular weight is 294 g/mol. The lowest BCUT2D eigenvalue weighted by molar-refractivity contribution is -0.118. The summed E-state index contributed by atoms with van der Waals surface area (Å²) in [7, 11) is 0. The van der Waals surface area contributed by atoms with Crippen molar-refractivity contribution in [2.45, 2.75) is 4.34 Å². The van der Waals surface area contributed by atoms with Gasteiger partial charge in [0.15, 0.2) is 4.34 Å². The molecule has 0 aliphatic heterocycles. The fraction of sp³-hybridized carbons (Fsp3) is 0.100. The Kier molecular flexibility index (Phi) is 4.81. The van der Waals surface area contributed by atoms with E-state index in [9.17, 15) is 4.79 Å². The average Bonchev–Trinajstić information content (AvgIpc) is 2.83. The molecule has 0 saturated heterocycles. The van der Waals surface area contributed by atoms with E-state index in [1.165, 1.54) is 29.3 Å². The predicted octanol–water partition coefficient (Wildman–Crippen LogP) is 0.758. The van der Waals surface area contributed by atoms with Gasteiger partial charge in [-0.25, -0.2) is 5.43 Å². The maximum absolute atomic E-state index is 11.5. The third-order valence-electron chi connectivity index (χ3n) is 1.84. The summed E-state index contributed by atoms with van der Waals surface area (Å²) in [5.74, 6) is -0.0159. The Labute approximate surface area is 117 Å². The number of nitrogens with zero attached hydrogens (tertiary/aromatic N) is 4. The molecule has 2 heterocycles. The second-order valence-electron chi connectivity index (χ2n) is 3.27. The van der Waals surface area contributed by atoms with Crippen molar-refractivity contribution in [3.8, 4) is 0 Å². The van der Waals surface area contributed by atoms with E-state index < -0.39 is 0 Å². The zero-order valence-electron chi connectivity index (χ0n) is 9.68. The highest BCUT2D eigenvalue weighted by Gasteiger charge is 2.05. The van der Waals surface area contributed by atoms with E-state index in [0.717, 1.165) is 5.56 Å². The molecule has 0 aromatic carbocycles. The van der Waals surface area contributed by atoms with Crippen LogP contribution in [0.4, 0.5) is 5.13 Å². The summed E-state index contributed by atoms with van der Waals surface area (Å²) in [6.07, 6.45) is 4.84. The number of hydrogen-bond acceptors (Lipinski definition) is 8. The molecule has 0 radical (unpaired) electrons. The van der Waals surface area contributed by atoms with E-state index in [1.54, 1.807) is 18.5 Å². The summed E-state index contributed by atoms with van der Waals surface area (Å²) in [6.45, 7) is 0. The van der Waals surface area contributed by atoms with Crippen LogP contribution < -0.4 is 11.2 Å². The van der Waals surface area contributed by atoms with E-state index >= 15 is 0 Å². The molecule has 19 heavy (non-hydrogen) atoms. The normalized spacial score (nSPS) is 10.7. The van der Waals surface area contributed by atoms with Gasteiger partial charge in [-0.1, -0.05) is 29.2 Å². The fourth-order valence-electron chi connectivity index (χ4n) is 1.07. The third kappa shape index (κ3) is 4.64. The summed E-state index contributed by atoms with van der Waals surface area (Å²) < 4.78 is 0.656. The van der Waals surface area contributed by atoms with Gasteiger partial charge in [-0.3, -0.25) is 9.78 Å². The Bertz CT molecular complexity index is 570. The van der Waals surface area contributed by atoms with Crippen LogP contribution in [0, 0.1) is 0 Å². The number of pyridine rings is 1. The van der Waals surface area contributed by atoms with Crippen molar-refractivity contribution < 1.29 is 4.79 Å². The van der Waals surface area contributed by atoms with Gasteiger partial charge < -0.3 is 5.73 Å². The van der Waals surface area contributed by atoms with Crippen LogP contribution in [0.15, 0.2) is 34.0 Å². The summed E-state index contributed by atoms with van der Waals surface area (Å²) in [5.41, 5.74) is 8.66. The van der Waals surface area contributed by atoms with Crippen molar-refractivity contribution in [3.63, 3.8) is 0 Å². The number of carbonyl (C=O) groups is 1. The minimum Gasteiger partial charge on any atom is -0.374 e. The highest BCUT2D eigenvalue weighted by molar-refractivity contribution is 8.01. The maximum Gasteiger partial charge on any atom is 0.250 e. The Morgan fingerprint density at radius 2 is 2.47 bits per heavy atom. The van der Waals surface area contributed by atoms with Gasteiger partial charge in [0.25, 0.3) is 5.91 Å². The zero-order valence-corrected chi connectivity index (χ0v) is 11.3. The molecule has 0 spiro atoms. The molecule has 1 amide bonds. The number of carbonyl (C=O) groups excluding carboxylic acids is 1. The van der Waals surface area contributed by atoms with Crippen molar-refractivity contribution in [2.24, 2.45) is 5.10 Å². The molecule has 0 atom stereocenters. The van der Waals surface area contributed by atoms with Crippen LogP contribution in [0.5, 0.6) is 0 Å². The van der Waals surface area contributed by atoms with E-state index in [2.05, 4.69) is 25.7 Å². The first-order valence-corrected chi connectivity index (χ1v) is 6.98. The molecule has 0 unspecified atom stereocenters. The van der Waals surface area contributed by atoms with Gasteiger partial charge >= 0.3 is 0 Å². The number of thioether (sulfide) groups is 1. The number of rotatable bonds is 5. The number of nitrogen functional groups attached to an aromatic ring is 1. The SMILES string of the molecule is Nc1nnc(SCC(=O)NN=Cc2cccnc2)s1. The molecule has 0 aliphatic rings. The predicted molar refractivity (Wildman–Crippen MR) is 75.0 cm³/mol. The number of hydrogen-bond donors (Lipinski definition) is 2. The second-order valence-corrected chi connectivity index (χ2v) is 5.51. The molecule has 0 bridgehead atoms. The molecule has 98 valence electrons. The lowest BCUT2D eigenvalue weighted by Gasteiger charge is -1.96. The van der Waals surface area contributed by atoms with Gasteiger partial charge in [-0.15, -0.1) is 10.2 Å². The van der Waals surface area contributed by atoms with Crippen LogP contribution >= 0.6 is 23.1 Å². The summed E-state index contributed by atoms with van der Waals surface area (Å²) >= 11 is 2.50. The van der Waals surface area contributed by atoms with E-state index in [0.29, 0.717) is 9.47 Å². The van der Waals surface area contributed by atoms with E-state index in [4.69, 9.17) is 5.73 Å². The van der Waals surface area contributed by atoms with Gasteiger partial charge in [0.1, 0.15) is 0 Å². The molecule has 0 aliphatic carbocycles. The smallest absolute Gasteiger partial charge is 0.250 e. The van der Waals surface area contributed by atoms with Crippen LogP contribution in [0.25, 0.3) is 0 Å². The Morgan fingerprint density at radius 1 is 1.58 bits per heavy atom. The Morgan fingerprint density at radius 3 is 3.16 bits per heavy atom.